The highest BCUT2D eigenvalue weighted by atomic mass is 32.2. The minimum Gasteiger partial charge on any atom is -0.481 e. The summed E-state index contributed by atoms with van der Waals surface area (Å²) in [5, 5.41) is 8.62. The summed E-state index contributed by atoms with van der Waals surface area (Å²) in [7, 11) is -3.38. The molecule has 0 heterocycles. The molecule has 21 heavy (non-hydrogen) atoms. The first kappa shape index (κ1) is 20.3. The van der Waals surface area contributed by atoms with Crippen molar-refractivity contribution in [2.75, 3.05) is 38.5 Å². The second-order valence-electron chi connectivity index (χ2n) is 5.59. The van der Waals surface area contributed by atoms with Crippen molar-refractivity contribution < 1.29 is 18.3 Å². The van der Waals surface area contributed by atoms with Gasteiger partial charge < -0.3 is 10.0 Å². The van der Waals surface area contributed by atoms with Crippen molar-refractivity contribution in [1.29, 1.82) is 0 Å². The van der Waals surface area contributed by atoms with E-state index in [1.807, 2.05) is 13.8 Å². The summed E-state index contributed by atoms with van der Waals surface area (Å²) in [5.41, 5.74) is 0. The number of hydrogen-bond acceptors (Lipinski definition) is 4. The van der Waals surface area contributed by atoms with Crippen LogP contribution in [0.1, 0.15) is 40.5 Å². The van der Waals surface area contributed by atoms with Crippen LogP contribution in [0, 0.1) is 5.92 Å². The molecule has 0 aliphatic heterocycles. The predicted molar refractivity (Wildman–Crippen MR) is 84.9 cm³/mol. The maximum Gasteiger partial charge on any atom is 0.303 e. The number of carboxylic acid groups (broad SMARTS) is 1. The van der Waals surface area contributed by atoms with Gasteiger partial charge in [0.1, 0.15) is 0 Å². The van der Waals surface area contributed by atoms with Crippen LogP contribution < -0.4 is 0 Å². The molecule has 0 spiro atoms. The van der Waals surface area contributed by atoms with Gasteiger partial charge in [0, 0.05) is 26.1 Å². The Morgan fingerprint density at radius 3 is 2.14 bits per heavy atom. The summed E-state index contributed by atoms with van der Waals surface area (Å²) in [4.78, 5) is 12.7. The zero-order chi connectivity index (χ0) is 16.5. The highest BCUT2D eigenvalue weighted by Crippen LogP contribution is 2.09. The molecule has 0 aromatic heterocycles. The smallest absolute Gasteiger partial charge is 0.303 e. The third kappa shape index (κ3) is 9.06. The van der Waals surface area contributed by atoms with Crippen LogP contribution in [0.15, 0.2) is 0 Å². The van der Waals surface area contributed by atoms with Crippen LogP contribution in [-0.2, 0) is 14.8 Å². The van der Waals surface area contributed by atoms with Crippen LogP contribution in [0.5, 0.6) is 0 Å². The van der Waals surface area contributed by atoms with Crippen LogP contribution in [-0.4, -0.2) is 67.2 Å². The van der Waals surface area contributed by atoms with Gasteiger partial charge in [0.15, 0.2) is 0 Å². The van der Waals surface area contributed by atoms with Crippen molar-refractivity contribution in [3.8, 4) is 0 Å². The summed E-state index contributed by atoms with van der Waals surface area (Å²) in [6.45, 7) is 11.5. The van der Waals surface area contributed by atoms with Gasteiger partial charge in [0.2, 0.25) is 10.0 Å². The van der Waals surface area contributed by atoms with Crippen LogP contribution in [0.4, 0.5) is 0 Å². The molecule has 6 nitrogen and oxygen atoms in total. The molecule has 0 saturated carbocycles. The van der Waals surface area contributed by atoms with Crippen LogP contribution >= 0.6 is 0 Å². The number of carboxylic acids is 1. The average molecular weight is 322 g/mol. The van der Waals surface area contributed by atoms with E-state index in [2.05, 4.69) is 18.7 Å². The van der Waals surface area contributed by atoms with Gasteiger partial charge in [-0.25, -0.2) is 12.7 Å². The Hall–Kier alpha value is -0.660. The van der Waals surface area contributed by atoms with E-state index in [1.54, 1.807) is 0 Å². The van der Waals surface area contributed by atoms with Gasteiger partial charge in [-0.3, -0.25) is 4.79 Å². The molecule has 7 heteroatoms. The van der Waals surface area contributed by atoms with Crippen molar-refractivity contribution in [2.45, 2.75) is 40.5 Å². The number of rotatable bonds is 12. The van der Waals surface area contributed by atoms with Gasteiger partial charge in [-0.1, -0.05) is 27.7 Å². The average Bonchev–Trinajstić information content (AvgIpc) is 2.37. The molecule has 0 atom stereocenters. The van der Waals surface area contributed by atoms with E-state index < -0.39 is 16.0 Å². The zero-order valence-electron chi connectivity index (χ0n) is 13.7. The Morgan fingerprint density at radius 1 is 1.14 bits per heavy atom. The highest BCUT2D eigenvalue weighted by Gasteiger charge is 2.23. The summed E-state index contributed by atoms with van der Waals surface area (Å²) < 4.78 is 26.2. The number of sulfonamides is 1. The number of likely N-dealkylation sites (N-methyl/N-ethyl adjacent to an activating group) is 1. The van der Waals surface area contributed by atoms with E-state index in [0.717, 1.165) is 13.1 Å². The third-order valence-electron chi connectivity index (χ3n) is 3.32. The van der Waals surface area contributed by atoms with Crippen LogP contribution in [0.2, 0.25) is 0 Å². The predicted octanol–water partition coefficient (Wildman–Crippen LogP) is 1.48. The molecule has 126 valence electrons. The summed E-state index contributed by atoms with van der Waals surface area (Å²) in [6, 6.07) is 0. The maximum absolute atomic E-state index is 12.4. The first-order valence-electron chi connectivity index (χ1n) is 7.64. The molecular formula is C14H30N2O4S. The molecule has 0 saturated heterocycles. The number of carbonyl (C=O) groups is 1. The van der Waals surface area contributed by atoms with Crippen LogP contribution in [0.25, 0.3) is 0 Å². The van der Waals surface area contributed by atoms with Gasteiger partial charge in [0.05, 0.1) is 5.75 Å². The Balaban J connectivity index is 4.66. The lowest BCUT2D eigenvalue weighted by Crippen LogP contribution is -2.41. The van der Waals surface area contributed by atoms with Gasteiger partial charge in [0.25, 0.3) is 0 Å². The number of aliphatic carboxylic acids is 1. The normalized spacial score (nSPS) is 12.5. The molecule has 0 rings (SSSR count). The van der Waals surface area contributed by atoms with Crippen molar-refractivity contribution >= 4 is 16.0 Å². The van der Waals surface area contributed by atoms with Crippen molar-refractivity contribution in [3.05, 3.63) is 0 Å². The topological polar surface area (TPSA) is 77.9 Å². The SMILES string of the molecule is CCN(CC)CCN(CC(C)C)S(=O)(=O)CCCC(=O)O. The van der Waals surface area contributed by atoms with Gasteiger partial charge in [-0.2, -0.15) is 0 Å². The van der Waals surface area contributed by atoms with Gasteiger partial charge in [-0.15, -0.1) is 0 Å². The molecule has 0 aliphatic rings. The molecule has 0 aromatic carbocycles. The summed E-state index contributed by atoms with van der Waals surface area (Å²) in [5.74, 6) is -0.802. The van der Waals surface area contributed by atoms with E-state index in [-0.39, 0.29) is 24.5 Å². The zero-order valence-corrected chi connectivity index (χ0v) is 14.5. The monoisotopic (exact) mass is 322 g/mol. The molecule has 1 N–H and O–H groups in total. The lowest BCUT2D eigenvalue weighted by molar-refractivity contribution is -0.137. The first-order chi connectivity index (χ1) is 9.72. The molecular weight excluding hydrogens is 292 g/mol. The van der Waals surface area contributed by atoms with Gasteiger partial charge in [-0.05, 0) is 25.4 Å². The van der Waals surface area contributed by atoms with E-state index in [0.29, 0.717) is 19.6 Å². The fourth-order valence-corrected chi connectivity index (χ4v) is 3.73. The minimum atomic E-state index is -3.38. The van der Waals surface area contributed by atoms with E-state index in [1.165, 1.54) is 4.31 Å². The first-order valence-corrected chi connectivity index (χ1v) is 9.25. The van der Waals surface area contributed by atoms with E-state index >= 15 is 0 Å². The van der Waals surface area contributed by atoms with Crippen molar-refractivity contribution in [3.63, 3.8) is 0 Å². The maximum atomic E-state index is 12.4. The molecule has 0 bridgehead atoms. The fraction of sp³-hybridized carbons (Fsp3) is 0.929. The molecule has 0 unspecified atom stereocenters. The molecule has 0 amide bonds. The number of hydrogen-bond donors (Lipinski definition) is 1. The Kier molecular flexibility index (Phi) is 9.81. The largest absolute Gasteiger partial charge is 0.481 e. The van der Waals surface area contributed by atoms with E-state index in [4.69, 9.17) is 5.11 Å². The van der Waals surface area contributed by atoms with Crippen LogP contribution in [0.3, 0.4) is 0 Å². The highest BCUT2D eigenvalue weighted by molar-refractivity contribution is 7.89. The minimum absolute atomic E-state index is 0.0930. The Labute approximate surface area is 129 Å². The second kappa shape index (κ2) is 10.1. The molecule has 0 aromatic rings. The Bertz CT molecular complexity index is 392. The summed E-state index contributed by atoms with van der Waals surface area (Å²) in [6.07, 6.45) is 0.0579. The molecule has 0 fully saturated rings. The third-order valence-corrected chi connectivity index (χ3v) is 5.24. The van der Waals surface area contributed by atoms with Crippen molar-refractivity contribution in [1.82, 2.24) is 9.21 Å². The quantitative estimate of drug-likeness (QED) is 0.589. The Morgan fingerprint density at radius 2 is 1.71 bits per heavy atom. The van der Waals surface area contributed by atoms with Crippen molar-refractivity contribution in [2.24, 2.45) is 5.92 Å². The van der Waals surface area contributed by atoms with E-state index in [9.17, 15) is 13.2 Å². The standard InChI is InChI=1S/C14H30N2O4S/c1-5-15(6-2)9-10-16(12-13(3)4)21(19,20)11-7-8-14(17)18/h13H,5-12H2,1-4H3,(H,17,18). The number of nitrogens with zero attached hydrogens (tertiary/aromatic N) is 2. The summed E-state index contributed by atoms with van der Waals surface area (Å²) >= 11 is 0. The second-order valence-corrected chi connectivity index (χ2v) is 7.68. The lowest BCUT2D eigenvalue weighted by atomic mass is 10.2. The molecule has 0 aliphatic carbocycles. The molecule has 0 radical (unpaired) electrons. The fourth-order valence-electron chi connectivity index (χ4n) is 2.08. The van der Waals surface area contributed by atoms with Gasteiger partial charge >= 0.3 is 5.97 Å². The lowest BCUT2D eigenvalue weighted by Gasteiger charge is -2.27.